The zero-order valence-corrected chi connectivity index (χ0v) is 14.2. The van der Waals surface area contributed by atoms with Crippen molar-refractivity contribution < 1.29 is 9.85 Å². The highest BCUT2D eigenvalue weighted by Gasteiger charge is 2.26. The normalized spacial score (nSPS) is 17.4. The molecule has 1 aromatic carbocycles. The minimum absolute atomic E-state index is 0.171. The van der Waals surface area contributed by atoms with Crippen LogP contribution in [0.1, 0.15) is 38.8 Å². The number of rotatable bonds is 2. The Bertz CT molecular complexity index is 337. The Labute approximate surface area is 125 Å². The van der Waals surface area contributed by atoms with E-state index in [0.717, 1.165) is 32.7 Å². The van der Waals surface area contributed by atoms with Crippen LogP contribution in [0, 0.1) is 6.92 Å². The van der Waals surface area contributed by atoms with E-state index in [2.05, 4.69) is 36.1 Å². The summed E-state index contributed by atoms with van der Waals surface area (Å²) in [5.41, 5.74) is 2.67. The largest absolute Gasteiger partial charge is 0.288 e. The van der Waals surface area contributed by atoms with Crippen LogP contribution in [0.4, 0.5) is 0 Å². The summed E-state index contributed by atoms with van der Waals surface area (Å²) in [4.78, 5) is 2.40. The summed E-state index contributed by atoms with van der Waals surface area (Å²) in [6.45, 7) is 14.7. The first-order valence-corrected chi connectivity index (χ1v) is 7.90. The summed E-state index contributed by atoms with van der Waals surface area (Å²) >= 11 is 0. The molecular weight excluding hydrogens is 248 g/mol. The van der Waals surface area contributed by atoms with Gasteiger partial charge in [-0.1, -0.05) is 57.5 Å². The zero-order valence-electron chi connectivity index (χ0n) is 14.2. The molecule has 0 aliphatic carbocycles. The number of hydrogen-bond donors (Lipinski definition) is 1. The molecule has 0 aromatic heterocycles. The van der Waals surface area contributed by atoms with E-state index in [0.29, 0.717) is 0 Å². The average molecular weight is 281 g/mol. The van der Waals surface area contributed by atoms with Crippen LogP contribution in [0.25, 0.3) is 0 Å². The number of hydroxylamine groups is 3. The zero-order chi connectivity index (χ0) is 15.6. The molecule has 1 saturated heterocycles. The molecule has 2 rings (SSSR count). The summed E-state index contributed by atoms with van der Waals surface area (Å²) in [5.74, 6) is 0. The Hall–Kier alpha value is -0.900. The molecule has 0 amide bonds. The number of quaternary nitrogens is 1. The second-order valence-electron chi connectivity index (χ2n) is 5.05. The summed E-state index contributed by atoms with van der Waals surface area (Å²) in [6, 6.07) is 8.70. The van der Waals surface area contributed by atoms with Crippen LogP contribution in [-0.2, 0) is 6.54 Å². The summed E-state index contributed by atoms with van der Waals surface area (Å²) < 4.78 is 0.171. The van der Waals surface area contributed by atoms with Gasteiger partial charge in [0.2, 0.25) is 0 Å². The van der Waals surface area contributed by atoms with Gasteiger partial charge in [0.05, 0.1) is 20.1 Å². The quantitative estimate of drug-likeness (QED) is 0.836. The maximum absolute atomic E-state index is 9.81. The molecule has 0 spiro atoms. The monoisotopic (exact) mass is 281 g/mol. The molecule has 1 aliphatic heterocycles. The predicted molar refractivity (Wildman–Crippen MR) is 86.9 cm³/mol. The van der Waals surface area contributed by atoms with Gasteiger partial charge in [-0.05, 0) is 12.5 Å². The van der Waals surface area contributed by atoms with Gasteiger partial charge in [-0.3, -0.25) is 4.90 Å². The van der Waals surface area contributed by atoms with E-state index in [1.807, 2.05) is 34.7 Å². The molecule has 1 N–H and O–H groups in total. The standard InChI is InChI=1S/C13H21N2O.2C2H6/c1-12-3-5-13(6-4-12)11-14-7-9-15(2,16)10-8-14;2*1-2/h3-6,16H,7-11H2,1-2H3;2*1-2H3/q+1;;. The van der Waals surface area contributed by atoms with Crippen LogP contribution < -0.4 is 0 Å². The molecule has 20 heavy (non-hydrogen) atoms. The molecule has 1 heterocycles. The van der Waals surface area contributed by atoms with Gasteiger partial charge >= 0.3 is 0 Å². The lowest BCUT2D eigenvalue weighted by Crippen LogP contribution is -2.54. The van der Waals surface area contributed by atoms with Crippen molar-refractivity contribution in [3.05, 3.63) is 35.4 Å². The maximum atomic E-state index is 9.81. The molecule has 0 unspecified atom stereocenters. The smallest absolute Gasteiger partial charge is 0.121 e. The Kier molecular flexibility index (Phi) is 9.47. The third kappa shape index (κ3) is 7.04. The van der Waals surface area contributed by atoms with E-state index in [-0.39, 0.29) is 4.65 Å². The minimum Gasteiger partial charge on any atom is -0.288 e. The number of piperazine rings is 1. The molecule has 1 aliphatic rings. The number of benzene rings is 1. The first-order valence-electron chi connectivity index (χ1n) is 7.90. The van der Waals surface area contributed by atoms with Crippen LogP contribution in [-0.4, -0.2) is 48.0 Å². The Morgan fingerprint density at radius 3 is 1.90 bits per heavy atom. The molecule has 1 fully saturated rings. The van der Waals surface area contributed by atoms with Gasteiger partial charge in [-0.15, -0.1) is 0 Å². The lowest BCUT2D eigenvalue weighted by atomic mass is 10.1. The summed E-state index contributed by atoms with van der Waals surface area (Å²) in [7, 11) is 1.88. The van der Waals surface area contributed by atoms with Crippen LogP contribution in [0.3, 0.4) is 0 Å². The molecule has 1 aromatic rings. The molecule has 0 bridgehead atoms. The second-order valence-corrected chi connectivity index (χ2v) is 5.05. The first kappa shape index (κ1) is 19.1. The third-order valence-electron chi connectivity index (χ3n) is 3.32. The molecule has 3 heteroatoms. The highest BCUT2D eigenvalue weighted by molar-refractivity contribution is 5.21. The van der Waals surface area contributed by atoms with Crippen molar-refractivity contribution in [1.29, 1.82) is 0 Å². The van der Waals surface area contributed by atoms with E-state index in [4.69, 9.17) is 0 Å². The second kappa shape index (κ2) is 9.92. The fourth-order valence-corrected chi connectivity index (χ4v) is 2.05. The fourth-order valence-electron chi connectivity index (χ4n) is 2.05. The van der Waals surface area contributed by atoms with Crippen molar-refractivity contribution in [2.24, 2.45) is 0 Å². The predicted octanol–water partition coefficient (Wildman–Crippen LogP) is 3.70. The fraction of sp³-hybridized carbons (Fsp3) is 0.647. The lowest BCUT2D eigenvalue weighted by Gasteiger charge is -2.35. The van der Waals surface area contributed by atoms with Gasteiger partial charge in [0.15, 0.2) is 0 Å². The minimum atomic E-state index is 0.171. The maximum Gasteiger partial charge on any atom is 0.121 e. The van der Waals surface area contributed by atoms with Crippen LogP contribution in [0.2, 0.25) is 0 Å². The van der Waals surface area contributed by atoms with Crippen LogP contribution in [0.5, 0.6) is 0 Å². The van der Waals surface area contributed by atoms with Crippen molar-refractivity contribution in [2.75, 3.05) is 33.2 Å². The summed E-state index contributed by atoms with van der Waals surface area (Å²) in [5, 5.41) is 9.81. The average Bonchev–Trinajstić information content (AvgIpc) is 2.48. The van der Waals surface area contributed by atoms with Crippen molar-refractivity contribution >= 4 is 0 Å². The van der Waals surface area contributed by atoms with Crippen molar-refractivity contribution in [3.63, 3.8) is 0 Å². The van der Waals surface area contributed by atoms with Gasteiger partial charge in [0.25, 0.3) is 0 Å². The van der Waals surface area contributed by atoms with Crippen molar-refractivity contribution in [2.45, 2.75) is 41.2 Å². The van der Waals surface area contributed by atoms with E-state index < -0.39 is 0 Å². The molecule has 0 atom stereocenters. The number of aryl methyl sites for hydroxylation is 1. The third-order valence-corrected chi connectivity index (χ3v) is 3.32. The first-order chi connectivity index (χ1) is 9.55. The molecule has 0 saturated carbocycles. The summed E-state index contributed by atoms with van der Waals surface area (Å²) in [6.07, 6.45) is 0. The molecule has 0 radical (unpaired) electrons. The number of likely N-dealkylation sites (N-methyl/N-ethyl adjacent to an activating group) is 1. The molecule has 116 valence electrons. The van der Waals surface area contributed by atoms with Crippen molar-refractivity contribution in [1.82, 2.24) is 4.90 Å². The number of hydrogen-bond acceptors (Lipinski definition) is 2. The van der Waals surface area contributed by atoms with Gasteiger partial charge in [0, 0.05) is 6.54 Å². The highest BCUT2D eigenvalue weighted by atomic mass is 16.5. The van der Waals surface area contributed by atoms with Gasteiger partial charge in [0.1, 0.15) is 13.1 Å². The molecule has 3 nitrogen and oxygen atoms in total. The van der Waals surface area contributed by atoms with Crippen LogP contribution >= 0.6 is 0 Å². The van der Waals surface area contributed by atoms with E-state index in [1.54, 1.807) is 0 Å². The Balaban J connectivity index is 0.000000829. The van der Waals surface area contributed by atoms with E-state index >= 15 is 0 Å². The highest BCUT2D eigenvalue weighted by Crippen LogP contribution is 2.11. The number of nitrogens with zero attached hydrogens (tertiary/aromatic N) is 2. The van der Waals surface area contributed by atoms with E-state index in [9.17, 15) is 5.21 Å². The topological polar surface area (TPSA) is 23.5 Å². The van der Waals surface area contributed by atoms with Gasteiger partial charge < -0.3 is 0 Å². The lowest BCUT2D eigenvalue weighted by molar-refractivity contribution is -1.09. The Morgan fingerprint density at radius 1 is 1.00 bits per heavy atom. The van der Waals surface area contributed by atoms with Gasteiger partial charge in [-0.25, -0.2) is 5.21 Å². The SMILES string of the molecule is CC.CC.Cc1ccc(CN2CC[N+](C)(O)CC2)cc1. The van der Waals surface area contributed by atoms with Gasteiger partial charge in [-0.2, -0.15) is 4.65 Å². The molecular formula is C17H33N2O+. The van der Waals surface area contributed by atoms with E-state index in [1.165, 1.54) is 11.1 Å². The Morgan fingerprint density at radius 2 is 1.45 bits per heavy atom. The van der Waals surface area contributed by atoms with Crippen LogP contribution in [0.15, 0.2) is 24.3 Å². The van der Waals surface area contributed by atoms with Crippen molar-refractivity contribution in [3.8, 4) is 0 Å².